The molecule has 0 heterocycles. The maximum atomic E-state index is 12.1. The lowest BCUT2D eigenvalue weighted by molar-refractivity contribution is -0.131. The van der Waals surface area contributed by atoms with Crippen molar-refractivity contribution in [2.75, 3.05) is 12.0 Å². The fraction of sp³-hybridized carbons (Fsp3) is 0.500. The second-order valence-corrected chi connectivity index (χ2v) is 8.58. The van der Waals surface area contributed by atoms with Gasteiger partial charge in [0.2, 0.25) is 0 Å². The van der Waals surface area contributed by atoms with E-state index >= 15 is 0 Å². The van der Waals surface area contributed by atoms with Gasteiger partial charge in [-0.25, -0.2) is 0 Å². The molecule has 6 nitrogen and oxygen atoms in total. The second-order valence-electron chi connectivity index (χ2n) is 5.61. The minimum atomic E-state index is -1.40. The summed E-state index contributed by atoms with van der Waals surface area (Å²) in [5.74, 6) is -0.579. The molecule has 1 aromatic carbocycles. The summed E-state index contributed by atoms with van der Waals surface area (Å²) in [6, 6.07) is 4.33. The van der Waals surface area contributed by atoms with Crippen LogP contribution in [0.25, 0.3) is 0 Å². The number of nitrogens with two attached hydrogens (primary N) is 1. The summed E-state index contributed by atoms with van der Waals surface area (Å²) in [6.45, 7) is 4.12. The Hall–Kier alpha value is -0.930. The van der Waals surface area contributed by atoms with E-state index in [1.54, 1.807) is 30.0 Å². The second kappa shape index (κ2) is 10.9. The van der Waals surface area contributed by atoms with Gasteiger partial charge in [0.15, 0.2) is 0 Å². The fourth-order valence-corrected chi connectivity index (χ4v) is 3.38. The van der Waals surface area contributed by atoms with Crippen LogP contribution in [0.15, 0.2) is 23.1 Å². The molecule has 1 rings (SSSR count). The largest absolute Gasteiger partial charge is 0.382 e. The lowest BCUT2D eigenvalue weighted by atomic mass is 10.1. The zero-order valence-electron chi connectivity index (χ0n) is 14.4. The van der Waals surface area contributed by atoms with Crippen LogP contribution in [0.3, 0.4) is 0 Å². The van der Waals surface area contributed by atoms with E-state index in [4.69, 9.17) is 17.3 Å². The SMILES string of the molecule is CSc1ccc(Cl)c(C(=O)NNC(=O)C(O)[C@H](N)CCSC(C)C)c1. The standard InChI is InChI=1S/C16H24ClN3O3S2/c1-9(2)25-7-6-13(18)14(21)16(23)20-19-15(22)11-8-10(24-3)4-5-12(11)17/h4-5,8-9,13-14,21H,6-7,18H2,1-3H3,(H,19,22)(H,20,23)/t13-,14?/m1/s1. The van der Waals surface area contributed by atoms with Gasteiger partial charge in [0.1, 0.15) is 6.10 Å². The van der Waals surface area contributed by atoms with Crippen molar-refractivity contribution in [3.8, 4) is 0 Å². The highest BCUT2D eigenvalue weighted by Gasteiger charge is 2.23. The first-order valence-electron chi connectivity index (χ1n) is 7.75. The van der Waals surface area contributed by atoms with Crippen LogP contribution in [0.1, 0.15) is 30.6 Å². The number of carbonyl (C=O) groups is 2. The van der Waals surface area contributed by atoms with Crippen LogP contribution in [-0.2, 0) is 4.79 Å². The van der Waals surface area contributed by atoms with E-state index in [9.17, 15) is 14.7 Å². The third-order valence-electron chi connectivity index (χ3n) is 3.29. The molecule has 0 fully saturated rings. The molecule has 0 aromatic heterocycles. The average Bonchev–Trinajstić information content (AvgIpc) is 2.58. The number of nitrogens with one attached hydrogen (secondary N) is 2. The monoisotopic (exact) mass is 405 g/mol. The number of benzene rings is 1. The normalized spacial score (nSPS) is 13.4. The summed E-state index contributed by atoms with van der Waals surface area (Å²) in [4.78, 5) is 24.9. The van der Waals surface area contributed by atoms with Crippen LogP contribution < -0.4 is 16.6 Å². The van der Waals surface area contributed by atoms with Gasteiger partial charge in [0.25, 0.3) is 11.8 Å². The van der Waals surface area contributed by atoms with E-state index in [0.29, 0.717) is 11.7 Å². The van der Waals surface area contributed by atoms with Crippen LogP contribution in [0.2, 0.25) is 5.02 Å². The Morgan fingerprint density at radius 3 is 2.60 bits per heavy atom. The number of thioether (sulfide) groups is 2. The number of hydrogen-bond donors (Lipinski definition) is 4. The zero-order chi connectivity index (χ0) is 19.0. The van der Waals surface area contributed by atoms with Crippen molar-refractivity contribution in [2.24, 2.45) is 5.73 Å². The van der Waals surface area contributed by atoms with E-state index in [-0.39, 0.29) is 10.6 Å². The highest BCUT2D eigenvalue weighted by atomic mass is 35.5. The summed E-state index contributed by atoms with van der Waals surface area (Å²) in [7, 11) is 0. The summed E-state index contributed by atoms with van der Waals surface area (Å²) in [5, 5.41) is 10.7. The average molecular weight is 406 g/mol. The van der Waals surface area contributed by atoms with Crippen LogP contribution in [0.5, 0.6) is 0 Å². The highest BCUT2D eigenvalue weighted by Crippen LogP contribution is 2.22. The first-order valence-corrected chi connectivity index (χ1v) is 10.4. The molecule has 2 atom stereocenters. The minimum absolute atomic E-state index is 0.237. The van der Waals surface area contributed by atoms with Crippen molar-refractivity contribution in [1.82, 2.24) is 10.9 Å². The Bertz CT molecular complexity index is 602. The van der Waals surface area contributed by atoms with Gasteiger partial charge in [-0.15, -0.1) is 11.8 Å². The lowest BCUT2D eigenvalue weighted by Crippen LogP contribution is -2.52. The number of aliphatic hydroxyl groups is 1. The maximum absolute atomic E-state index is 12.1. The first kappa shape index (κ1) is 22.1. The molecular formula is C16H24ClN3O3S2. The molecule has 0 saturated carbocycles. The Balaban J connectivity index is 2.53. The van der Waals surface area contributed by atoms with Crippen molar-refractivity contribution >= 4 is 46.9 Å². The van der Waals surface area contributed by atoms with Gasteiger partial charge >= 0.3 is 0 Å². The molecule has 1 unspecified atom stereocenters. The Morgan fingerprint density at radius 2 is 2.00 bits per heavy atom. The third-order valence-corrected chi connectivity index (χ3v) is 5.49. The number of amides is 2. The van der Waals surface area contributed by atoms with Gasteiger partial charge in [-0.05, 0) is 41.9 Å². The van der Waals surface area contributed by atoms with Crippen LogP contribution in [-0.4, -0.2) is 46.3 Å². The van der Waals surface area contributed by atoms with Crippen molar-refractivity contribution in [1.29, 1.82) is 0 Å². The van der Waals surface area contributed by atoms with Gasteiger partial charge in [-0.1, -0.05) is 25.4 Å². The van der Waals surface area contributed by atoms with Crippen molar-refractivity contribution in [3.63, 3.8) is 0 Å². The summed E-state index contributed by atoms with van der Waals surface area (Å²) in [6.07, 6.45) is 0.968. The van der Waals surface area contributed by atoms with E-state index < -0.39 is 24.0 Å². The molecule has 5 N–H and O–H groups in total. The Labute approximate surface area is 161 Å². The molecule has 0 radical (unpaired) electrons. The van der Waals surface area contributed by atoms with Gasteiger partial charge < -0.3 is 10.8 Å². The summed E-state index contributed by atoms with van der Waals surface area (Å²) < 4.78 is 0. The van der Waals surface area contributed by atoms with E-state index in [0.717, 1.165) is 10.6 Å². The maximum Gasteiger partial charge on any atom is 0.271 e. The lowest BCUT2D eigenvalue weighted by Gasteiger charge is -2.19. The van der Waals surface area contributed by atoms with E-state index in [1.807, 2.05) is 6.26 Å². The smallest absolute Gasteiger partial charge is 0.271 e. The van der Waals surface area contributed by atoms with Crippen LogP contribution in [0.4, 0.5) is 0 Å². The predicted molar refractivity (Wildman–Crippen MR) is 105 cm³/mol. The molecule has 1 aromatic rings. The molecule has 0 aliphatic carbocycles. The molecule has 9 heteroatoms. The quantitative estimate of drug-likeness (QED) is 0.389. The van der Waals surface area contributed by atoms with Crippen molar-refractivity contribution < 1.29 is 14.7 Å². The molecule has 0 spiro atoms. The van der Waals surface area contributed by atoms with Gasteiger partial charge in [-0.3, -0.25) is 20.4 Å². The van der Waals surface area contributed by atoms with Crippen LogP contribution >= 0.6 is 35.1 Å². The molecule has 2 amide bonds. The zero-order valence-corrected chi connectivity index (χ0v) is 16.8. The van der Waals surface area contributed by atoms with E-state index in [1.165, 1.54) is 11.8 Å². The molecule has 0 aliphatic rings. The Morgan fingerprint density at radius 1 is 1.32 bits per heavy atom. The van der Waals surface area contributed by atoms with Crippen molar-refractivity contribution in [2.45, 2.75) is 42.6 Å². The minimum Gasteiger partial charge on any atom is -0.382 e. The van der Waals surface area contributed by atoms with Gasteiger partial charge in [0.05, 0.1) is 10.6 Å². The number of rotatable bonds is 8. The first-order chi connectivity index (χ1) is 11.8. The topological polar surface area (TPSA) is 104 Å². The molecular weight excluding hydrogens is 382 g/mol. The summed E-state index contributed by atoms with van der Waals surface area (Å²) in [5.41, 5.74) is 10.5. The number of halogens is 1. The third kappa shape index (κ3) is 7.45. The Kier molecular flexibility index (Phi) is 9.66. The van der Waals surface area contributed by atoms with Crippen molar-refractivity contribution in [3.05, 3.63) is 28.8 Å². The predicted octanol–water partition coefficient (Wildman–Crippen LogP) is 2.04. The molecule has 25 heavy (non-hydrogen) atoms. The van der Waals surface area contributed by atoms with Gasteiger partial charge in [0, 0.05) is 10.9 Å². The summed E-state index contributed by atoms with van der Waals surface area (Å²) >= 11 is 9.17. The van der Waals surface area contributed by atoms with Gasteiger partial charge in [-0.2, -0.15) is 11.8 Å². The van der Waals surface area contributed by atoms with E-state index in [2.05, 4.69) is 24.7 Å². The molecule has 140 valence electrons. The molecule has 0 saturated heterocycles. The number of hydrazine groups is 1. The number of carbonyl (C=O) groups excluding carboxylic acids is 2. The fourth-order valence-electron chi connectivity index (χ4n) is 1.86. The highest BCUT2D eigenvalue weighted by molar-refractivity contribution is 7.99. The molecule has 0 bridgehead atoms. The number of aliphatic hydroxyl groups excluding tert-OH is 1. The van der Waals surface area contributed by atoms with Crippen LogP contribution in [0, 0.1) is 0 Å². The molecule has 0 aliphatic heterocycles. The number of hydrogen-bond acceptors (Lipinski definition) is 6.